The van der Waals surface area contributed by atoms with E-state index in [9.17, 15) is 14.4 Å². The largest absolute Gasteiger partial charge is 0.462 e. The number of carbonyl (C=O) groups excluding carboxylic acids is 3. The van der Waals surface area contributed by atoms with Gasteiger partial charge < -0.3 is 14.2 Å². The number of esters is 3. The fourth-order valence-corrected chi connectivity index (χ4v) is 8.65. The summed E-state index contributed by atoms with van der Waals surface area (Å²) in [5, 5.41) is 0. The summed E-state index contributed by atoms with van der Waals surface area (Å²) >= 11 is 0. The lowest BCUT2D eigenvalue weighted by molar-refractivity contribution is -0.167. The highest BCUT2D eigenvalue weighted by molar-refractivity contribution is 5.71. The predicted octanol–water partition coefficient (Wildman–Crippen LogP) is 20.5. The summed E-state index contributed by atoms with van der Waals surface area (Å²) < 4.78 is 16.9. The van der Waals surface area contributed by atoms with E-state index in [0.29, 0.717) is 19.3 Å². The van der Waals surface area contributed by atoms with E-state index < -0.39 is 6.10 Å². The third-order valence-corrected chi connectivity index (χ3v) is 13.2. The minimum atomic E-state index is -0.788. The highest BCUT2D eigenvalue weighted by atomic mass is 16.6. The van der Waals surface area contributed by atoms with Gasteiger partial charge in [0.1, 0.15) is 13.2 Å². The SMILES string of the molecule is CC/C=C\C/C=C\C/C=C\C/C=C\C/C=C\CCCCCCCC(=O)OC(COC(=O)CCCCCCC/C=C\CCC)COC(=O)CCCCCCCCCCCCCCCCCCCCCCCC. The Morgan fingerprint density at radius 1 is 0.296 bits per heavy atom. The second kappa shape index (κ2) is 59.4. The third-order valence-electron chi connectivity index (χ3n) is 13.2. The summed E-state index contributed by atoms with van der Waals surface area (Å²) in [4.78, 5) is 38.1. The quantitative estimate of drug-likeness (QED) is 0.0261. The van der Waals surface area contributed by atoms with Crippen molar-refractivity contribution in [3.05, 3.63) is 72.9 Å². The molecular weight excluding hydrogens is 877 g/mol. The zero-order valence-electron chi connectivity index (χ0n) is 47.0. The molecule has 0 amide bonds. The summed E-state index contributed by atoms with van der Waals surface area (Å²) in [6, 6.07) is 0. The number of ether oxygens (including phenoxy) is 3. The number of hydrogen-bond donors (Lipinski definition) is 0. The molecule has 6 nitrogen and oxygen atoms in total. The second-order valence-electron chi connectivity index (χ2n) is 20.2. The zero-order chi connectivity index (χ0) is 51.4. The topological polar surface area (TPSA) is 78.9 Å². The lowest BCUT2D eigenvalue weighted by Gasteiger charge is -2.18. The van der Waals surface area contributed by atoms with Gasteiger partial charge in [0.05, 0.1) is 0 Å². The fourth-order valence-electron chi connectivity index (χ4n) is 8.65. The Kier molecular flexibility index (Phi) is 56.8. The molecule has 1 unspecified atom stereocenters. The van der Waals surface area contributed by atoms with E-state index in [-0.39, 0.29) is 31.1 Å². The van der Waals surface area contributed by atoms with Gasteiger partial charge in [0.15, 0.2) is 6.10 Å². The monoisotopic (exact) mass is 991 g/mol. The molecule has 1 atom stereocenters. The first kappa shape index (κ1) is 67.8. The molecule has 0 saturated carbocycles. The molecule has 0 aromatic rings. The summed E-state index contributed by atoms with van der Waals surface area (Å²) in [5.41, 5.74) is 0. The Hall–Kier alpha value is -3.15. The summed E-state index contributed by atoms with van der Waals surface area (Å²) in [7, 11) is 0. The van der Waals surface area contributed by atoms with Crippen molar-refractivity contribution in [2.75, 3.05) is 13.2 Å². The van der Waals surface area contributed by atoms with Crippen LogP contribution >= 0.6 is 0 Å². The van der Waals surface area contributed by atoms with Crippen molar-refractivity contribution >= 4 is 17.9 Å². The molecule has 0 radical (unpaired) electrons. The minimum absolute atomic E-state index is 0.0837. The minimum Gasteiger partial charge on any atom is -0.462 e. The van der Waals surface area contributed by atoms with Crippen molar-refractivity contribution in [1.29, 1.82) is 0 Å². The molecule has 0 heterocycles. The van der Waals surface area contributed by atoms with Crippen LogP contribution in [-0.2, 0) is 28.6 Å². The van der Waals surface area contributed by atoms with Crippen molar-refractivity contribution in [2.24, 2.45) is 0 Å². The Morgan fingerprint density at radius 2 is 0.577 bits per heavy atom. The standard InChI is InChI=1S/C65H114O6/c1-4-7-10-13-16-19-22-24-26-28-30-32-34-35-37-39-41-43-46-49-52-55-58-64(67)70-61-62(60-69-63(66)57-54-51-48-45-21-18-15-12-9-6-3)71-65(68)59-56-53-50-47-44-42-40-38-36-33-31-29-27-25-23-20-17-14-11-8-5-2/h8,11-12,15,17,20,25,27,31,33,38,40,62H,4-7,9-10,13-14,16,18-19,21-24,26,28-30,32,34-37,39,41-61H2,1-3H3/b11-8-,15-12-,20-17-,27-25-,33-31-,40-38-. The Balaban J connectivity index is 4.29. The average molecular weight is 992 g/mol. The van der Waals surface area contributed by atoms with Crippen molar-refractivity contribution in [1.82, 2.24) is 0 Å². The second-order valence-corrected chi connectivity index (χ2v) is 20.2. The van der Waals surface area contributed by atoms with Crippen LogP contribution in [0.15, 0.2) is 72.9 Å². The van der Waals surface area contributed by atoms with Crippen LogP contribution in [0.5, 0.6) is 0 Å². The molecule has 0 aromatic heterocycles. The van der Waals surface area contributed by atoms with Crippen molar-refractivity contribution in [3.8, 4) is 0 Å². The van der Waals surface area contributed by atoms with Crippen LogP contribution < -0.4 is 0 Å². The number of allylic oxidation sites excluding steroid dienone is 12. The molecule has 0 aromatic carbocycles. The van der Waals surface area contributed by atoms with Gasteiger partial charge in [-0.1, -0.05) is 273 Å². The molecule has 0 spiro atoms. The molecule has 0 saturated heterocycles. The van der Waals surface area contributed by atoms with E-state index in [2.05, 4.69) is 93.7 Å². The molecule has 6 heteroatoms. The van der Waals surface area contributed by atoms with Crippen LogP contribution in [0.2, 0.25) is 0 Å². The van der Waals surface area contributed by atoms with Crippen LogP contribution in [0, 0.1) is 0 Å². The van der Waals surface area contributed by atoms with E-state index in [4.69, 9.17) is 14.2 Å². The van der Waals surface area contributed by atoms with E-state index in [1.165, 1.54) is 141 Å². The Morgan fingerprint density at radius 3 is 0.930 bits per heavy atom. The van der Waals surface area contributed by atoms with Crippen LogP contribution in [0.3, 0.4) is 0 Å². The average Bonchev–Trinajstić information content (AvgIpc) is 3.37. The Labute approximate surface area is 440 Å². The predicted molar refractivity (Wildman–Crippen MR) is 307 cm³/mol. The van der Waals surface area contributed by atoms with E-state index in [1.807, 2.05) is 0 Å². The smallest absolute Gasteiger partial charge is 0.306 e. The lowest BCUT2D eigenvalue weighted by atomic mass is 10.0. The van der Waals surface area contributed by atoms with Gasteiger partial charge in [0.2, 0.25) is 0 Å². The van der Waals surface area contributed by atoms with Crippen LogP contribution in [-0.4, -0.2) is 37.2 Å². The zero-order valence-corrected chi connectivity index (χ0v) is 47.0. The molecule has 71 heavy (non-hydrogen) atoms. The first-order chi connectivity index (χ1) is 35.0. The number of carbonyl (C=O) groups is 3. The van der Waals surface area contributed by atoms with Gasteiger partial charge in [-0.05, 0) is 83.5 Å². The highest BCUT2D eigenvalue weighted by Crippen LogP contribution is 2.17. The lowest BCUT2D eigenvalue weighted by Crippen LogP contribution is -2.30. The molecular formula is C65H114O6. The van der Waals surface area contributed by atoms with Gasteiger partial charge >= 0.3 is 17.9 Å². The molecule has 0 aliphatic carbocycles. The first-order valence-electron chi connectivity index (χ1n) is 30.4. The fraction of sp³-hybridized carbons (Fsp3) is 0.769. The van der Waals surface area contributed by atoms with Crippen molar-refractivity contribution in [2.45, 2.75) is 309 Å². The normalized spacial score (nSPS) is 12.5. The summed E-state index contributed by atoms with van der Waals surface area (Å²) in [5.74, 6) is -0.903. The van der Waals surface area contributed by atoms with Gasteiger partial charge in [-0.2, -0.15) is 0 Å². The van der Waals surface area contributed by atoms with Crippen LogP contribution in [0.1, 0.15) is 303 Å². The van der Waals surface area contributed by atoms with Gasteiger partial charge in [-0.3, -0.25) is 14.4 Å². The maximum atomic E-state index is 12.9. The molecule has 0 aliphatic heterocycles. The molecule has 0 aliphatic rings. The van der Waals surface area contributed by atoms with Crippen molar-refractivity contribution in [3.63, 3.8) is 0 Å². The van der Waals surface area contributed by atoms with E-state index in [0.717, 1.165) is 122 Å². The number of unbranched alkanes of at least 4 members (excludes halogenated alkanes) is 32. The van der Waals surface area contributed by atoms with Gasteiger partial charge in [0, 0.05) is 19.3 Å². The maximum absolute atomic E-state index is 12.9. The van der Waals surface area contributed by atoms with Crippen molar-refractivity contribution < 1.29 is 28.6 Å². The van der Waals surface area contributed by atoms with E-state index in [1.54, 1.807) is 0 Å². The van der Waals surface area contributed by atoms with Gasteiger partial charge in [-0.15, -0.1) is 0 Å². The number of rotatable bonds is 55. The van der Waals surface area contributed by atoms with Gasteiger partial charge in [0.25, 0.3) is 0 Å². The van der Waals surface area contributed by atoms with Crippen LogP contribution in [0.25, 0.3) is 0 Å². The molecule has 0 bridgehead atoms. The first-order valence-corrected chi connectivity index (χ1v) is 30.4. The van der Waals surface area contributed by atoms with Crippen LogP contribution in [0.4, 0.5) is 0 Å². The molecule has 0 N–H and O–H groups in total. The summed E-state index contributed by atoms with van der Waals surface area (Å²) in [6.07, 6.45) is 76.3. The molecule has 0 fully saturated rings. The maximum Gasteiger partial charge on any atom is 0.306 e. The molecule has 0 rings (SSSR count). The molecule has 410 valence electrons. The Bertz CT molecular complexity index is 1320. The van der Waals surface area contributed by atoms with E-state index >= 15 is 0 Å². The summed E-state index contributed by atoms with van der Waals surface area (Å²) in [6.45, 7) is 6.47. The number of hydrogen-bond acceptors (Lipinski definition) is 6. The highest BCUT2D eigenvalue weighted by Gasteiger charge is 2.19. The third kappa shape index (κ3) is 57.6. The van der Waals surface area contributed by atoms with Gasteiger partial charge in [-0.25, -0.2) is 0 Å².